The highest BCUT2D eigenvalue weighted by Crippen LogP contribution is 2.33. The molecule has 2 N–H and O–H groups in total. The summed E-state index contributed by atoms with van der Waals surface area (Å²) in [7, 11) is 0. The zero-order valence-corrected chi connectivity index (χ0v) is 12.7. The van der Waals surface area contributed by atoms with Crippen molar-refractivity contribution in [1.29, 1.82) is 0 Å². The standard InChI is InChI=1S/C15H30N2O2/c1-4-16-15(12-18)7-5-6-13(10-15)17-8-9-19-14(2,3)11-17/h13,16,18H,4-12H2,1-3H3. The van der Waals surface area contributed by atoms with Gasteiger partial charge in [0.05, 0.1) is 18.8 Å². The summed E-state index contributed by atoms with van der Waals surface area (Å²) in [6.07, 6.45) is 4.62. The highest BCUT2D eigenvalue weighted by Gasteiger charge is 2.39. The Morgan fingerprint density at radius 3 is 2.84 bits per heavy atom. The maximum atomic E-state index is 9.79. The number of nitrogens with one attached hydrogen (secondary N) is 1. The van der Waals surface area contributed by atoms with Gasteiger partial charge in [0.2, 0.25) is 0 Å². The molecule has 2 rings (SSSR count). The van der Waals surface area contributed by atoms with Gasteiger partial charge in [-0.3, -0.25) is 4.90 Å². The normalized spacial score (nSPS) is 36.3. The molecule has 0 aromatic rings. The number of hydrogen-bond acceptors (Lipinski definition) is 4. The molecule has 2 aliphatic rings. The average Bonchev–Trinajstić information content (AvgIpc) is 2.38. The fraction of sp³-hybridized carbons (Fsp3) is 1.00. The Balaban J connectivity index is 2.00. The molecule has 19 heavy (non-hydrogen) atoms. The topological polar surface area (TPSA) is 44.7 Å². The van der Waals surface area contributed by atoms with E-state index >= 15 is 0 Å². The summed E-state index contributed by atoms with van der Waals surface area (Å²) >= 11 is 0. The van der Waals surface area contributed by atoms with Crippen molar-refractivity contribution in [3.8, 4) is 0 Å². The summed E-state index contributed by atoms with van der Waals surface area (Å²) in [5.74, 6) is 0. The lowest BCUT2D eigenvalue weighted by Gasteiger charge is -2.48. The molecule has 2 atom stereocenters. The minimum Gasteiger partial charge on any atom is -0.394 e. The van der Waals surface area contributed by atoms with E-state index < -0.39 is 0 Å². The molecule has 2 fully saturated rings. The lowest BCUT2D eigenvalue weighted by molar-refractivity contribution is -0.105. The van der Waals surface area contributed by atoms with E-state index in [1.807, 2.05) is 0 Å². The SMILES string of the molecule is CCNC1(CO)CCCC(N2CCOC(C)(C)C2)C1. The molecule has 1 heterocycles. The first-order chi connectivity index (χ1) is 9.00. The predicted octanol–water partition coefficient (Wildman–Crippen LogP) is 1.38. The second-order valence-electron chi connectivity index (χ2n) is 6.80. The fourth-order valence-corrected chi connectivity index (χ4v) is 3.74. The maximum Gasteiger partial charge on any atom is 0.0753 e. The van der Waals surface area contributed by atoms with Gasteiger partial charge in [0.1, 0.15) is 0 Å². The Hall–Kier alpha value is -0.160. The van der Waals surface area contributed by atoms with E-state index in [0.29, 0.717) is 6.04 Å². The van der Waals surface area contributed by atoms with Crippen molar-refractivity contribution in [2.75, 3.05) is 32.8 Å². The van der Waals surface area contributed by atoms with Gasteiger partial charge in [-0.25, -0.2) is 0 Å². The zero-order chi connectivity index (χ0) is 13.9. The first-order valence-corrected chi connectivity index (χ1v) is 7.74. The number of aliphatic hydroxyl groups is 1. The molecular weight excluding hydrogens is 240 g/mol. The number of nitrogens with zero attached hydrogens (tertiary/aromatic N) is 1. The molecule has 1 aliphatic carbocycles. The third kappa shape index (κ3) is 3.69. The predicted molar refractivity (Wildman–Crippen MR) is 77.4 cm³/mol. The van der Waals surface area contributed by atoms with E-state index in [0.717, 1.165) is 39.1 Å². The van der Waals surface area contributed by atoms with Gasteiger partial charge in [0.15, 0.2) is 0 Å². The van der Waals surface area contributed by atoms with Gasteiger partial charge >= 0.3 is 0 Å². The number of likely N-dealkylation sites (N-methyl/N-ethyl adjacent to an activating group) is 1. The third-order valence-corrected chi connectivity index (χ3v) is 4.65. The minimum atomic E-state index is -0.0554. The molecule has 0 aromatic heterocycles. The summed E-state index contributed by atoms with van der Waals surface area (Å²) in [6, 6.07) is 0.586. The highest BCUT2D eigenvalue weighted by atomic mass is 16.5. The van der Waals surface area contributed by atoms with Crippen molar-refractivity contribution in [3.05, 3.63) is 0 Å². The molecule has 4 heteroatoms. The van der Waals surface area contributed by atoms with E-state index in [2.05, 4.69) is 31.0 Å². The Morgan fingerprint density at radius 1 is 1.42 bits per heavy atom. The van der Waals surface area contributed by atoms with Crippen LogP contribution in [0.3, 0.4) is 0 Å². The smallest absolute Gasteiger partial charge is 0.0753 e. The van der Waals surface area contributed by atoms with Crippen molar-refractivity contribution in [3.63, 3.8) is 0 Å². The van der Waals surface area contributed by atoms with Crippen LogP contribution in [0, 0.1) is 0 Å². The number of hydrogen-bond donors (Lipinski definition) is 2. The summed E-state index contributed by atoms with van der Waals surface area (Å²) in [5, 5.41) is 13.3. The van der Waals surface area contributed by atoms with Crippen molar-refractivity contribution in [1.82, 2.24) is 10.2 Å². The Morgan fingerprint density at radius 2 is 2.21 bits per heavy atom. The van der Waals surface area contributed by atoms with Crippen LogP contribution in [0.5, 0.6) is 0 Å². The molecule has 112 valence electrons. The second kappa shape index (κ2) is 6.08. The Bertz CT molecular complexity index is 292. The molecule has 0 aromatic carbocycles. The number of rotatable bonds is 4. The molecule has 1 aliphatic heterocycles. The summed E-state index contributed by atoms with van der Waals surface area (Å²) in [5.41, 5.74) is -0.0874. The first-order valence-electron chi connectivity index (χ1n) is 7.74. The molecule has 0 radical (unpaired) electrons. The second-order valence-corrected chi connectivity index (χ2v) is 6.80. The molecule has 0 spiro atoms. The lowest BCUT2D eigenvalue weighted by atomic mass is 9.78. The van der Waals surface area contributed by atoms with Gasteiger partial charge in [0.25, 0.3) is 0 Å². The van der Waals surface area contributed by atoms with Gasteiger partial charge in [-0.05, 0) is 46.1 Å². The largest absolute Gasteiger partial charge is 0.394 e. The van der Waals surface area contributed by atoms with Crippen LogP contribution in [-0.2, 0) is 4.74 Å². The molecule has 1 saturated heterocycles. The molecule has 0 bridgehead atoms. The summed E-state index contributed by atoms with van der Waals surface area (Å²) in [4.78, 5) is 2.57. The molecule has 2 unspecified atom stereocenters. The quantitative estimate of drug-likeness (QED) is 0.810. The van der Waals surface area contributed by atoms with E-state index in [1.54, 1.807) is 0 Å². The van der Waals surface area contributed by atoms with Crippen LogP contribution < -0.4 is 5.32 Å². The monoisotopic (exact) mass is 270 g/mol. The van der Waals surface area contributed by atoms with Crippen LogP contribution in [0.15, 0.2) is 0 Å². The zero-order valence-electron chi connectivity index (χ0n) is 12.7. The minimum absolute atomic E-state index is 0.0320. The number of aliphatic hydroxyl groups excluding tert-OH is 1. The average molecular weight is 270 g/mol. The Kier molecular flexibility index (Phi) is 4.88. The van der Waals surface area contributed by atoms with E-state index in [-0.39, 0.29) is 17.7 Å². The van der Waals surface area contributed by atoms with Gasteiger partial charge in [-0.2, -0.15) is 0 Å². The first kappa shape index (κ1) is 15.2. The van der Waals surface area contributed by atoms with Gasteiger partial charge in [-0.1, -0.05) is 6.92 Å². The third-order valence-electron chi connectivity index (χ3n) is 4.65. The lowest BCUT2D eigenvalue weighted by Crippen LogP contribution is -2.59. The van der Waals surface area contributed by atoms with Crippen molar-refractivity contribution in [2.24, 2.45) is 0 Å². The molecule has 4 nitrogen and oxygen atoms in total. The highest BCUT2D eigenvalue weighted by molar-refractivity contribution is 4.97. The summed E-state index contributed by atoms with van der Waals surface area (Å²) < 4.78 is 5.81. The van der Waals surface area contributed by atoms with E-state index in [9.17, 15) is 5.11 Å². The summed E-state index contributed by atoms with van der Waals surface area (Å²) in [6.45, 7) is 10.5. The van der Waals surface area contributed by atoms with Crippen LogP contribution in [0.25, 0.3) is 0 Å². The molecular formula is C15H30N2O2. The van der Waals surface area contributed by atoms with Crippen LogP contribution in [0.1, 0.15) is 46.5 Å². The maximum absolute atomic E-state index is 9.79. The molecule has 1 saturated carbocycles. The van der Waals surface area contributed by atoms with Crippen LogP contribution in [0.4, 0.5) is 0 Å². The van der Waals surface area contributed by atoms with Crippen molar-refractivity contribution in [2.45, 2.75) is 63.6 Å². The van der Waals surface area contributed by atoms with E-state index in [1.165, 1.54) is 12.8 Å². The van der Waals surface area contributed by atoms with Crippen molar-refractivity contribution >= 4 is 0 Å². The van der Waals surface area contributed by atoms with Gasteiger partial charge < -0.3 is 15.2 Å². The van der Waals surface area contributed by atoms with Crippen LogP contribution in [-0.4, -0.2) is 60.0 Å². The van der Waals surface area contributed by atoms with Crippen molar-refractivity contribution < 1.29 is 9.84 Å². The van der Waals surface area contributed by atoms with Crippen LogP contribution >= 0.6 is 0 Å². The van der Waals surface area contributed by atoms with Gasteiger partial charge in [0, 0.05) is 24.7 Å². The van der Waals surface area contributed by atoms with E-state index in [4.69, 9.17) is 4.74 Å². The number of ether oxygens (including phenoxy) is 1. The fourth-order valence-electron chi connectivity index (χ4n) is 3.74. The number of morpholine rings is 1. The van der Waals surface area contributed by atoms with Gasteiger partial charge in [-0.15, -0.1) is 0 Å². The Labute approximate surface area is 117 Å². The van der Waals surface area contributed by atoms with Crippen LogP contribution in [0.2, 0.25) is 0 Å². The molecule has 0 amide bonds.